The van der Waals surface area contributed by atoms with Gasteiger partial charge in [0, 0.05) is 18.8 Å². The van der Waals surface area contributed by atoms with Gasteiger partial charge >= 0.3 is 0 Å². The largest absolute Gasteiger partial charge is 0.352 e. The van der Waals surface area contributed by atoms with Gasteiger partial charge in [-0.3, -0.25) is 14.3 Å². The summed E-state index contributed by atoms with van der Waals surface area (Å²) in [5.74, 6) is -0.331. The molecule has 1 atom stereocenters. The highest BCUT2D eigenvalue weighted by molar-refractivity contribution is 5.92. The summed E-state index contributed by atoms with van der Waals surface area (Å²) in [6.07, 6.45) is 7.00. The molecule has 0 aromatic carbocycles. The van der Waals surface area contributed by atoms with Crippen molar-refractivity contribution in [2.75, 3.05) is 11.9 Å². The fourth-order valence-corrected chi connectivity index (χ4v) is 2.11. The molecule has 1 aromatic heterocycles. The number of nitrogens with one attached hydrogen (secondary N) is 2. The van der Waals surface area contributed by atoms with Gasteiger partial charge in [-0.25, -0.2) is 0 Å². The molecule has 1 fully saturated rings. The molecular weight excluding hydrogens is 270 g/mol. The van der Waals surface area contributed by atoms with Crippen LogP contribution < -0.4 is 16.4 Å². The Bertz CT molecular complexity index is 495. The van der Waals surface area contributed by atoms with Gasteiger partial charge < -0.3 is 16.4 Å². The Labute approximate surface area is 124 Å². The van der Waals surface area contributed by atoms with Crippen molar-refractivity contribution in [3.05, 3.63) is 12.4 Å². The van der Waals surface area contributed by atoms with E-state index in [-0.39, 0.29) is 24.3 Å². The molecule has 1 heterocycles. The lowest BCUT2D eigenvalue weighted by Crippen LogP contribution is -2.29. The molecule has 2 amide bonds. The van der Waals surface area contributed by atoms with E-state index in [0.717, 1.165) is 25.7 Å². The van der Waals surface area contributed by atoms with Crippen molar-refractivity contribution in [1.29, 1.82) is 0 Å². The van der Waals surface area contributed by atoms with Crippen molar-refractivity contribution in [3.8, 4) is 0 Å². The van der Waals surface area contributed by atoms with Crippen molar-refractivity contribution in [2.45, 2.75) is 45.2 Å². The van der Waals surface area contributed by atoms with E-state index in [4.69, 9.17) is 5.73 Å². The fourth-order valence-electron chi connectivity index (χ4n) is 2.11. The van der Waals surface area contributed by atoms with Gasteiger partial charge in [0.2, 0.25) is 11.8 Å². The van der Waals surface area contributed by atoms with E-state index in [2.05, 4.69) is 15.7 Å². The lowest BCUT2D eigenvalue weighted by Gasteiger charge is -2.12. The van der Waals surface area contributed by atoms with Crippen molar-refractivity contribution in [1.82, 2.24) is 15.1 Å². The first-order valence-electron chi connectivity index (χ1n) is 7.45. The summed E-state index contributed by atoms with van der Waals surface area (Å²) in [5, 5.41) is 9.76. The number of amides is 2. The van der Waals surface area contributed by atoms with Gasteiger partial charge in [0.05, 0.1) is 17.8 Å². The number of carbonyl (C=O) groups excluding carboxylic acids is 2. The van der Waals surface area contributed by atoms with E-state index in [9.17, 15) is 9.59 Å². The van der Waals surface area contributed by atoms with Crippen LogP contribution in [0.2, 0.25) is 0 Å². The summed E-state index contributed by atoms with van der Waals surface area (Å²) in [6, 6.07) is 0.339. The van der Waals surface area contributed by atoms with E-state index in [1.165, 1.54) is 4.68 Å². The molecule has 21 heavy (non-hydrogen) atoms. The Kier molecular flexibility index (Phi) is 5.32. The zero-order chi connectivity index (χ0) is 15.2. The molecule has 116 valence electrons. The highest BCUT2D eigenvalue weighted by Gasteiger charge is 2.23. The SMILES string of the molecule is CCCC(CN)C(=O)Nc1cnn(CC(=O)NC2CC2)c1. The van der Waals surface area contributed by atoms with Crippen LogP contribution in [0.5, 0.6) is 0 Å². The van der Waals surface area contributed by atoms with Crippen LogP contribution >= 0.6 is 0 Å². The molecule has 1 unspecified atom stereocenters. The minimum atomic E-state index is -0.184. The van der Waals surface area contributed by atoms with Crippen LogP contribution in [0.3, 0.4) is 0 Å². The number of carbonyl (C=O) groups is 2. The van der Waals surface area contributed by atoms with E-state index < -0.39 is 0 Å². The summed E-state index contributed by atoms with van der Waals surface area (Å²) < 4.78 is 1.52. The number of aromatic nitrogens is 2. The Morgan fingerprint density at radius 1 is 1.52 bits per heavy atom. The third-order valence-electron chi connectivity index (χ3n) is 3.44. The molecule has 1 aliphatic rings. The number of anilines is 1. The molecule has 0 aliphatic heterocycles. The first kappa shape index (κ1) is 15.5. The smallest absolute Gasteiger partial charge is 0.241 e. The minimum Gasteiger partial charge on any atom is -0.352 e. The molecular formula is C14H23N5O2. The molecule has 7 heteroatoms. The van der Waals surface area contributed by atoms with Gasteiger partial charge in [0.25, 0.3) is 0 Å². The predicted molar refractivity (Wildman–Crippen MR) is 79.5 cm³/mol. The molecule has 0 saturated heterocycles. The molecule has 2 rings (SSSR count). The maximum Gasteiger partial charge on any atom is 0.241 e. The molecule has 4 N–H and O–H groups in total. The van der Waals surface area contributed by atoms with Gasteiger partial charge in [0.1, 0.15) is 6.54 Å². The van der Waals surface area contributed by atoms with E-state index in [1.807, 2.05) is 6.92 Å². The molecule has 1 aromatic rings. The van der Waals surface area contributed by atoms with Crippen LogP contribution in [0, 0.1) is 5.92 Å². The number of hydrogen-bond donors (Lipinski definition) is 3. The Balaban J connectivity index is 1.83. The zero-order valence-corrected chi connectivity index (χ0v) is 12.3. The van der Waals surface area contributed by atoms with Crippen LogP contribution in [0.15, 0.2) is 12.4 Å². The van der Waals surface area contributed by atoms with Gasteiger partial charge in [-0.15, -0.1) is 0 Å². The summed E-state index contributed by atoms with van der Waals surface area (Å²) in [6.45, 7) is 2.52. The monoisotopic (exact) mass is 293 g/mol. The Morgan fingerprint density at radius 2 is 2.29 bits per heavy atom. The summed E-state index contributed by atoms with van der Waals surface area (Å²) in [7, 11) is 0. The van der Waals surface area contributed by atoms with Crippen molar-refractivity contribution < 1.29 is 9.59 Å². The van der Waals surface area contributed by atoms with Crippen LogP contribution in [-0.4, -0.2) is 34.2 Å². The topological polar surface area (TPSA) is 102 Å². The number of hydrogen-bond acceptors (Lipinski definition) is 4. The molecule has 0 bridgehead atoms. The van der Waals surface area contributed by atoms with E-state index in [0.29, 0.717) is 18.3 Å². The van der Waals surface area contributed by atoms with Gasteiger partial charge in [0.15, 0.2) is 0 Å². The molecule has 1 saturated carbocycles. The summed E-state index contributed by atoms with van der Waals surface area (Å²) in [5.41, 5.74) is 6.19. The normalized spacial score (nSPS) is 15.5. The van der Waals surface area contributed by atoms with E-state index in [1.54, 1.807) is 12.4 Å². The van der Waals surface area contributed by atoms with Crippen LogP contribution in [0.4, 0.5) is 5.69 Å². The first-order valence-corrected chi connectivity index (χ1v) is 7.45. The average Bonchev–Trinajstić information content (AvgIpc) is 3.15. The second-order valence-electron chi connectivity index (χ2n) is 5.48. The molecule has 0 radical (unpaired) electrons. The average molecular weight is 293 g/mol. The number of rotatable bonds is 8. The maximum absolute atomic E-state index is 12.0. The lowest BCUT2D eigenvalue weighted by atomic mass is 10.0. The van der Waals surface area contributed by atoms with Gasteiger partial charge in [-0.2, -0.15) is 5.10 Å². The van der Waals surface area contributed by atoms with Crippen LogP contribution in [0.25, 0.3) is 0 Å². The molecule has 1 aliphatic carbocycles. The summed E-state index contributed by atoms with van der Waals surface area (Å²) in [4.78, 5) is 23.7. The van der Waals surface area contributed by atoms with Crippen LogP contribution in [-0.2, 0) is 16.1 Å². The molecule has 7 nitrogen and oxygen atoms in total. The highest BCUT2D eigenvalue weighted by Crippen LogP contribution is 2.18. The Hall–Kier alpha value is -1.89. The summed E-state index contributed by atoms with van der Waals surface area (Å²) >= 11 is 0. The van der Waals surface area contributed by atoms with Crippen molar-refractivity contribution in [3.63, 3.8) is 0 Å². The second kappa shape index (κ2) is 7.21. The zero-order valence-electron chi connectivity index (χ0n) is 12.3. The lowest BCUT2D eigenvalue weighted by molar-refractivity contribution is -0.122. The van der Waals surface area contributed by atoms with Crippen LogP contribution in [0.1, 0.15) is 32.6 Å². The number of nitrogens with two attached hydrogens (primary N) is 1. The van der Waals surface area contributed by atoms with Crippen molar-refractivity contribution >= 4 is 17.5 Å². The quantitative estimate of drug-likeness (QED) is 0.648. The molecule has 0 spiro atoms. The van der Waals surface area contributed by atoms with E-state index >= 15 is 0 Å². The van der Waals surface area contributed by atoms with Gasteiger partial charge in [-0.1, -0.05) is 13.3 Å². The second-order valence-corrected chi connectivity index (χ2v) is 5.48. The first-order chi connectivity index (χ1) is 10.1. The minimum absolute atomic E-state index is 0.0516. The maximum atomic E-state index is 12.0. The Morgan fingerprint density at radius 3 is 2.90 bits per heavy atom. The van der Waals surface area contributed by atoms with Gasteiger partial charge in [-0.05, 0) is 19.3 Å². The van der Waals surface area contributed by atoms with Crippen molar-refractivity contribution in [2.24, 2.45) is 11.7 Å². The predicted octanol–water partition coefficient (Wildman–Crippen LogP) is 0.475. The number of nitrogens with zero attached hydrogens (tertiary/aromatic N) is 2. The fraction of sp³-hybridized carbons (Fsp3) is 0.643. The highest BCUT2D eigenvalue weighted by atomic mass is 16.2. The third-order valence-corrected chi connectivity index (χ3v) is 3.44. The standard InChI is InChI=1S/C14H23N5O2/c1-2-3-10(6-15)14(21)18-12-7-16-19(8-12)9-13(20)17-11-4-5-11/h7-8,10-11H,2-6,9,15H2,1H3,(H,17,20)(H,18,21). The third kappa shape index (κ3) is 4.86.